The number of nitrogens with one attached hydrogen (secondary N) is 1. The van der Waals surface area contributed by atoms with Crippen molar-refractivity contribution < 1.29 is 14.2 Å². The maximum Gasteiger partial charge on any atom is 0.224 e. The van der Waals surface area contributed by atoms with E-state index in [0.717, 1.165) is 6.42 Å². The molecular formula is C15H19N3O3. The molecule has 0 unspecified atom stereocenters. The van der Waals surface area contributed by atoms with Crippen molar-refractivity contribution in [2.75, 3.05) is 26.6 Å². The third-order valence-corrected chi connectivity index (χ3v) is 2.87. The SMILES string of the molecule is CCc1nc(NC)cc(Oc2cc(OC)cc(OC)c2)n1. The molecule has 0 bridgehead atoms. The molecule has 0 aliphatic carbocycles. The van der Waals surface area contributed by atoms with Gasteiger partial charge in [-0.15, -0.1) is 0 Å². The van der Waals surface area contributed by atoms with E-state index in [2.05, 4.69) is 15.3 Å². The molecule has 0 saturated carbocycles. The first-order valence-corrected chi connectivity index (χ1v) is 6.65. The van der Waals surface area contributed by atoms with Crippen molar-refractivity contribution in [3.63, 3.8) is 0 Å². The average Bonchev–Trinajstić information content (AvgIpc) is 2.53. The Labute approximate surface area is 124 Å². The summed E-state index contributed by atoms with van der Waals surface area (Å²) < 4.78 is 16.2. The molecule has 6 nitrogen and oxygen atoms in total. The van der Waals surface area contributed by atoms with Crippen molar-refractivity contribution in [2.45, 2.75) is 13.3 Å². The van der Waals surface area contributed by atoms with Crippen molar-refractivity contribution in [1.29, 1.82) is 0 Å². The number of ether oxygens (including phenoxy) is 3. The maximum absolute atomic E-state index is 5.80. The van der Waals surface area contributed by atoms with Gasteiger partial charge in [-0.3, -0.25) is 0 Å². The maximum atomic E-state index is 5.80. The van der Waals surface area contributed by atoms with E-state index < -0.39 is 0 Å². The Morgan fingerprint density at radius 3 is 2.10 bits per heavy atom. The van der Waals surface area contributed by atoms with Gasteiger partial charge in [-0.05, 0) is 0 Å². The molecule has 1 heterocycles. The lowest BCUT2D eigenvalue weighted by molar-refractivity contribution is 0.384. The highest BCUT2D eigenvalue weighted by Gasteiger charge is 2.08. The van der Waals surface area contributed by atoms with Crippen LogP contribution in [-0.4, -0.2) is 31.2 Å². The van der Waals surface area contributed by atoms with Crippen LogP contribution in [0.25, 0.3) is 0 Å². The summed E-state index contributed by atoms with van der Waals surface area (Å²) in [4.78, 5) is 8.68. The highest BCUT2D eigenvalue weighted by atomic mass is 16.5. The van der Waals surface area contributed by atoms with Crippen LogP contribution in [0.5, 0.6) is 23.1 Å². The molecule has 0 spiro atoms. The summed E-state index contributed by atoms with van der Waals surface area (Å²) in [7, 11) is 5.00. The molecule has 0 amide bonds. The largest absolute Gasteiger partial charge is 0.496 e. The van der Waals surface area contributed by atoms with Gasteiger partial charge in [0.1, 0.15) is 28.9 Å². The zero-order valence-corrected chi connectivity index (χ0v) is 12.6. The van der Waals surface area contributed by atoms with Crippen LogP contribution < -0.4 is 19.5 Å². The summed E-state index contributed by atoms with van der Waals surface area (Å²) in [6.07, 6.45) is 0.729. The first-order chi connectivity index (χ1) is 10.2. The van der Waals surface area contributed by atoms with Crippen LogP contribution >= 0.6 is 0 Å². The minimum absolute atomic E-state index is 0.474. The van der Waals surface area contributed by atoms with Crippen molar-refractivity contribution in [3.8, 4) is 23.1 Å². The molecule has 0 radical (unpaired) electrons. The molecule has 0 aliphatic rings. The molecule has 0 aliphatic heterocycles. The Morgan fingerprint density at radius 2 is 1.57 bits per heavy atom. The van der Waals surface area contributed by atoms with Crippen molar-refractivity contribution in [1.82, 2.24) is 9.97 Å². The molecule has 21 heavy (non-hydrogen) atoms. The summed E-state index contributed by atoms with van der Waals surface area (Å²) in [6.45, 7) is 1.99. The van der Waals surface area contributed by atoms with Gasteiger partial charge < -0.3 is 19.5 Å². The fraction of sp³-hybridized carbons (Fsp3) is 0.333. The van der Waals surface area contributed by atoms with E-state index in [0.29, 0.717) is 34.8 Å². The van der Waals surface area contributed by atoms with Gasteiger partial charge in [0, 0.05) is 37.7 Å². The quantitative estimate of drug-likeness (QED) is 0.882. The molecule has 2 aromatic rings. The van der Waals surface area contributed by atoms with Crippen LogP contribution in [0.3, 0.4) is 0 Å². The summed E-state index contributed by atoms with van der Waals surface area (Å²) >= 11 is 0. The lowest BCUT2D eigenvalue weighted by Gasteiger charge is -2.11. The third kappa shape index (κ3) is 3.75. The molecule has 6 heteroatoms. The number of aryl methyl sites for hydroxylation is 1. The number of rotatable bonds is 6. The topological polar surface area (TPSA) is 65.5 Å². The molecule has 1 aromatic heterocycles. The number of anilines is 1. The molecule has 1 aromatic carbocycles. The average molecular weight is 289 g/mol. The van der Waals surface area contributed by atoms with Crippen LogP contribution in [0.4, 0.5) is 5.82 Å². The lowest BCUT2D eigenvalue weighted by atomic mass is 10.3. The van der Waals surface area contributed by atoms with Gasteiger partial charge in [0.2, 0.25) is 5.88 Å². The number of hydrogen-bond acceptors (Lipinski definition) is 6. The van der Waals surface area contributed by atoms with Crippen LogP contribution in [0.15, 0.2) is 24.3 Å². The summed E-state index contributed by atoms with van der Waals surface area (Å²) in [6, 6.07) is 7.07. The van der Waals surface area contributed by atoms with Gasteiger partial charge in [-0.25, -0.2) is 4.98 Å². The third-order valence-electron chi connectivity index (χ3n) is 2.87. The predicted molar refractivity (Wildman–Crippen MR) is 80.6 cm³/mol. The molecule has 0 fully saturated rings. The summed E-state index contributed by atoms with van der Waals surface area (Å²) in [5.41, 5.74) is 0. The Morgan fingerprint density at radius 1 is 0.952 bits per heavy atom. The van der Waals surface area contributed by atoms with Crippen molar-refractivity contribution in [2.24, 2.45) is 0 Å². The van der Waals surface area contributed by atoms with Gasteiger partial charge in [0.25, 0.3) is 0 Å². The van der Waals surface area contributed by atoms with E-state index >= 15 is 0 Å². The molecule has 2 rings (SSSR count). The minimum Gasteiger partial charge on any atom is -0.496 e. The number of methoxy groups -OCH3 is 2. The smallest absolute Gasteiger partial charge is 0.224 e. The first-order valence-electron chi connectivity index (χ1n) is 6.65. The molecule has 112 valence electrons. The predicted octanol–water partition coefficient (Wildman–Crippen LogP) is 2.89. The van der Waals surface area contributed by atoms with E-state index in [1.165, 1.54) is 0 Å². The normalized spacial score (nSPS) is 10.1. The first kappa shape index (κ1) is 14.9. The number of aromatic nitrogens is 2. The zero-order valence-electron chi connectivity index (χ0n) is 12.6. The van der Waals surface area contributed by atoms with Gasteiger partial charge in [-0.1, -0.05) is 6.92 Å². The van der Waals surface area contributed by atoms with Gasteiger partial charge in [0.05, 0.1) is 14.2 Å². The van der Waals surface area contributed by atoms with E-state index in [1.54, 1.807) is 45.5 Å². The molecule has 0 atom stereocenters. The molecule has 0 saturated heterocycles. The molecular weight excluding hydrogens is 270 g/mol. The van der Waals surface area contributed by atoms with Crippen LogP contribution in [0.1, 0.15) is 12.7 Å². The number of benzene rings is 1. The van der Waals surface area contributed by atoms with E-state index in [-0.39, 0.29) is 0 Å². The van der Waals surface area contributed by atoms with Gasteiger partial charge in [0.15, 0.2) is 0 Å². The highest BCUT2D eigenvalue weighted by molar-refractivity contribution is 5.45. The molecule has 1 N–H and O–H groups in total. The van der Waals surface area contributed by atoms with Crippen LogP contribution in [0.2, 0.25) is 0 Å². The van der Waals surface area contributed by atoms with Crippen LogP contribution in [-0.2, 0) is 6.42 Å². The van der Waals surface area contributed by atoms with E-state index in [9.17, 15) is 0 Å². The van der Waals surface area contributed by atoms with E-state index in [1.807, 2.05) is 6.92 Å². The van der Waals surface area contributed by atoms with E-state index in [4.69, 9.17) is 14.2 Å². The van der Waals surface area contributed by atoms with Crippen LogP contribution in [0, 0.1) is 0 Å². The Bertz CT molecular complexity index is 519. The number of hydrogen-bond donors (Lipinski definition) is 1. The number of nitrogens with zero attached hydrogens (tertiary/aromatic N) is 2. The second-order valence-electron chi connectivity index (χ2n) is 4.26. The zero-order chi connectivity index (χ0) is 15.2. The fourth-order valence-electron chi connectivity index (χ4n) is 1.77. The Balaban J connectivity index is 2.32. The monoisotopic (exact) mass is 289 g/mol. The highest BCUT2D eigenvalue weighted by Crippen LogP contribution is 2.30. The fourth-order valence-corrected chi connectivity index (χ4v) is 1.77. The standard InChI is InChI=1S/C15H19N3O3/c1-5-13-17-14(16-2)9-15(18-13)21-12-7-10(19-3)6-11(8-12)20-4/h6-9H,5H2,1-4H3,(H,16,17,18). The minimum atomic E-state index is 0.474. The summed E-state index contributed by atoms with van der Waals surface area (Å²) in [5, 5.41) is 2.99. The van der Waals surface area contributed by atoms with Gasteiger partial charge in [-0.2, -0.15) is 4.98 Å². The van der Waals surface area contributed by atoms with Crippen molar-refractivity contribution >= 4 is 5.82 Å². The van der Waals surface area contributed by atoms with Crippen molar-refractivity contribution in [3.05, 3.63) is 30.1 Å². The lowest BCUT2D eigenvalue weighted by Crippen LogP contribution is -2.01. The summed E-state index contributed by atoms with van der Waals surface area (Å²) in [5.74, 6) is 3.81. The second-order valence-corrected chi connectivity index (χ2v) is 4.26. The second kappa shape index (κ2) is 6.78. The van der Waals surface area contributed by atoms with Gasteiger partial charge >= 0.3 is 0 Å². The Kier molecular flexibility index (Phi) is 4.81. The Hall–Kier alpha value is -2.50.